The molecule has 0 radical (unpaired) electrons. The Morgan fingerprint density at radius 1 is 1.32 bits per heavy atom. The SMILES string of the molecule is Cc1cccc(F)c1NS(=O)(=O)c1ccc(CO)s1. The number of rotatable bonds is 4. The van der Waals surface area contributed by atoms with Gasteiger partial charge >= 0.3 is 0 Å². The minimum atomic E-state index is -3.83. The molecule has 1 aromatic heterocycles. The molecule has 0 amide bonds. The molecule has 0 saturated heterocycles. The average molecular weight is 301 g/mol. The van der Waals surface area contributed by atoms with E-state index in [9.17, 15) is 12.8 Å². The summed E-state index contributed by atoms with van der Waals surface area (Å²) in [6, 6.07) is 7.23. The van der Waals surface area contributed by atoms with Crippen molar-refractivity contribution in [2.45, 2.75) is 17.7 Å². The van der Waals surface area contributed by atoms with Crippen LogP contribution in [-0.2, 0) is 16.6 Å². The highest BCUT2D eigenvalue weighted by Gasteiger charge is 2.19. The first-order chi connectivity index (χ1) is 8.94. The van der Waals surface area contributed by atoms with E-state index in [4.69, 9.17) is 5.11 Å². The Bertz CT molecular complexity index is 675. The monoisotopic (exact) mass is 301 g/mol. The molecule has 1 heterocycles. The largest absolute Gasteiger partial charge is 0.391 e. The molecule has 0 aliphatic heterocycles. The van der Waals surface area contributed by atoms with Gasteiger partial charge in [-0.2, -0.15) is 0 Å². The zero-order chi connectivity index (χ0) is 14.0. The van der Waals surface area contributed by atoms with Crippen LogP contribution in [0.5, 0.6) is 0 Å². The van der Waals surface area contributed by atoms with Crippen LogP contribution in [-0.4, -0.2) is 13.5 Å². The predicted molar refractivity (Wildman–Crippen MR) is 72.2 cm³/mol. The Morgan fingerprint density at radius 2 is 2.05 bits per heavy atom. The number of halogens is 1. The van der Waals surface area contributed by atoms with Crippen molar-refractivity contribution in [2.24, 2.45) is 0 Å². The van der Waals surface area contributed by atoms with Crippen LogP contribution >= 0.6 is 11.3 Å². The summed E-state index contributed by atoms with van der Waals surface area (Å²) in [5.41, 5.74) is 0.448. The highest BCUT2D eigenvalue weighted by molar-refractivity contribution is 7.94. The van der Waals surface area contributed by atoms with E-state index in [0.29, 0.717) is 10.4 Å². The molecule has 0 fully saturated rings. The third kappa shape index (κ3) is 2.94. The fourth-order valence-electron chi connectivity index (χ4n) is 1.53. The van der Waals surface area contributed by atoms with E-state index in [-0.39, 0.29) is 16.5 Å². The fraction of sp³-hybridized carbons (Fsp3) is 0.167. The second-order valence-electron chi connectivity index (χ2n) is 3.92. The number of nitrogens with one attached hydrogen (secondary N) is 1. The Hall–Kier alpha value is -1.44. The lowest BCUT2D eigenvalue weighted by molar-refractivity contribution is 0.285. The molecule has 102 valence electrons. The van der Waals surface area contributed by atoms with Crippen molar-refractivity contribution >= 4 is 27.0 Å². The topological polar surface area (TPSA) is 66.4 Å². The quantitative estimate of drug-likeness (QED) is 0.912. The van der Waals surface area contributed by atoms with Gasteiger partial charge in [0.2, 0.25) is 0 Å². The summed E-state index contributed by atoms with van der Waals surface area (Å²) < 4.78 is 40.1. The number of thiophene rings is 1. The summed E-state index contributed by atoms with van der Waals surface area (Å²) in [6.07, 6.45) is 0. The van der Waals surface area contributed by atoms with Gasteiger partial charge in [-0.1, -0.05) is 12.1 Å². The third-order valence-electron chi connectivity index (χ3n) is 2.52. The minimum Gasteiger partial charge on any atom is -0.391 e. The standard InChI is InChI=1S/C12H12FNO3S2/c1-8-3-2-4-10(13)12(8)14-19(16,17)11-6-5-9(7-15)18-11/h2-6,14-15H,7H2,1H3. The molecular formula is C12H12FNO3S2. The number of anilines is 1. The average Bonchev–Trinajstić information content (AvgIpc) is 2.83. The number of hydrogen-bond acceptors (Lipinski definition) is 4. The molecule has 0 bridgehead atoms. The molecule has 0 unspecified atom stereocenters. The van der Waals surface area contributed by atoms with Crippen molar-refractivity contribution in [3.63, 3.8) is 0 Å². The predicted octanol–water partition coefficient (Wildman–Crippen LogP) is 2.49. The molecule has 7 heteroatoms. The van der Waals surface area contributed by atoms with Gasteiger partial charge in [0.05, 0.1) is 12.3 Å². The molecule has 2 aromatic rings. The van der Waals surface area contributed by atoms with Gasteiger partial charge in [0.15, 0.2) is 0 Å². The first-order valence-corrected chi connectivity index (χ1v) is 7.71. The molecule has 2 N–H and O–H groups in total. The maximum absolute atomic E-state index is 13.6. The Morgan fingerprint density at radius 3 is 2.63 bits per heavy atom. The number of sulfonamides is 1. The van der Waals surface area contributed by atoms with Crippen LogP contribution in [0.2, 0.25) is 0 Å². The first-order valence-electron chi connectivity index (χ1n) is 5.41. The van der Waals surface area contributed by atoms with Gasteiger partial charge in [-0.25, -0.2) is 12.8 Å². The lowest BCUT2D eigenvalue weighted by Gasteiger charge is -2.09. The van der Waals surface area contributed by atoms with Crippen LogP contribution in [0, 0.1) is 12.7 Å². The van der Waals surface area contributed by atoms with Crippen molar-refractivity contribution in [1.82, 2.24) is 0 Å². The lowest BCUT2D eigenvalue weighted by atomic mass is 10.2. The van der Waals surface area contributed by atoms with E-state index >= 15 is 0 Å². The summed E-state index contributed by atoms with van der Waals surface area (Å²) in [4.78, 5) is 0.533. The highest BCUT2D eigenvalue weighted by atomic mass is 32.2. The van der Waals surface area contributed by atoms with Gasteiger partial charge < -0.3 is 5.11 Å². The van der Waals surface area contributed by atoms with Gasteiger partial charge in [0.25, 0.3) is 10.0 Å². The van der Waals surface area contributed by atoms with Gasteiger partial charge in [-0.15, -0.1) is 11.3 Å². The van der Waals surface area contributed by atoms with Crippen LogP contribution in [0.1, 0.15) is 10.4 Å². The van der Waals surface area contributed by atoms with Crippen molar-refractivity contribution in [3.8, 4) is 0 Å². The number of benzene rings is 1. The minimum absolute atomic E-state index is 0.0409. The van der Waals surface area contributed by atoms with Gasteiger partial charge in [-0.05, 0) is 30.7 Å². The molecule has 0 atom stereocenters. The second kappa shape index (κ2) is 5.28. The summed E-state index contributed by atoms with van der Waals surface area (Å²) in [6.45, 7) is 1.40. The van der Waals surface area contributed by atoms with Gasteiger partial charge in [-0.3, -0.25) is 4.72 Å². The smallest absolute Gasteiger partial charge is 0.271 e. The van der Waals surface area contributed by atoms with Crippen molar-refractivity contribution < 1.29 is 17.9 Å². The molecule has 2 rings (SSSR count). The van der Waals surface area contributed by atoms with E-state index < -0.39 is 15.8 Å². The van der Waals surface area contributed by atoms with Crippen LogP contribution in [0.15, 0.2) is 34.5 Å². The normalized spacial score (nSPS) is 11.5. The van der Waals surface area contributed by atoms with Crippen LogP contribution < -0.4 is 4.72 Å². The summed E-state index contributed by atoms with van der Waals surface area (Å²) in [5.74, 6) is -0.623. The lowest BCUT2D eigenvalue weighted by Crippen LogP contribution is -2.13. The first kappa shape index (κ1) is 14.0. The van der Waals surface area contributed by atoms with Gasteiger partial charge in [0, 0.05) is 4.88 Å². The maximum Gasteiger partial charge on any atom is 0.271 e. The van der Waals surface area contributed by atoms with Crippen LogP contribution in [0.4, 0.5) is 10.1 Å². The number of aliphatic hydroxyl groups excluding tert-OH is 1. The Balaban J connectivity index is 2.36. The molecule has 0 aliphatic carbocycles. The molecule has 1 aromatic carbocycles. The molecule has 19 heavy (non-hydrogen) atoms. The third-order valence-corrected chi connectivity index (χ3v) is 5.43. The fourth-order valence-corrected chi connectivity index (χ4v) is 3.89. The molecular weight excluding hydrogens is 289 g/mol. The molecule has 4 nitrogen and oxygen atoms in total. The summed E-state index contributed by atoms with van der Waals surface area (Å²) in [7, 11) is -3.83. The van der Waals surface area contributed by atoms with Crippen molar-refractivity contribution in [2.75, 3.05) is 4.72 Å². The maximum atomic E-state index is 13.6. The highest BCUT2D eigenvalue weighted by Crippen LogP contribution is 2.26. The summed E-state index contributed by atoms with van der Waals surface area (Å²) >= 11 is 0.948. The zero-order valence-corrected chi connectivity index (χ0v) is 11.7. The number of hydrogen-bond donors (Lipinski definition) is 2. The zero-order valence-electron chi connectivity index (χ0n) is 10.1. The molecule has 0 saturated carbocycles. The Labute approximate surface area is 114 Å². The molecule has 0 aliphatic rings. The van der Waals surface area contributed by atoms with E-state index in [1.807, 2.05) is 0 Å². The van der Waals surface area contributed by atoms with Crippen molar-refractivity contribution in [1.29, 1.82) is 0 Å². The second-order valence-corrected chi connectivity index (χ2v) is 6.99. The van der Waals surface area contributed by atoms with E-state index in [2.05, 4.69) is 4.72 Å². The Kier molecular flexibility index (Phi) is 3.88. The molecule has 0 spiro atoms. The summed E-state index contributed by atoms with van der Waals surface area (Å²) in [5, 5.41) is 8.93. The van der Waals surface area contributed by atoms with Crippen molar-refractivity contribution in [3.05, 3.63) is 46.6 Å². The van der Waals surface area contributed by atoms with Gasteiger partial charge in [0.1, 0.15) is 10.0 Å². The van der Waals surface area contributed by atoms with E-state index in [0.717, 1.165) is 11.3 Å². The van der Waals surface area contributed by atoms with Crippen LogP contribution in [0.3, 0.4) is 0 Å². The van der Waals surface area contributed by atoms with Crippen LogP contribution in [0.25, 0.3) is 0 Å². The number of aliphatic hydroxyl groups is 1. The van der Waals surface area contributed by atoms with E-state index in [1.54, 1.807) is 13.0 Å². The number of para-hydroxylation sites is 1. The number of aryl methyl sites for hydroxylation is 1. The van der Waals surface area contributed by atoms with E-state index in [1.165, 1.54) is 24.3 Å².